The lowest BCUT2D eigenvalue weighted by Gasteiger charge is -2.23. The summed E-state index contributed by atoms with van der Waals surface area (Å²) in [6.45, 7) is 5.69. The fraction of sp³-hybridized carbons (Fsp3) is 0.462. The van der Waals surface area contributed by atoms with Gasteiger partial charge in [0.15, 0.2) is 0 Å². The fourth-order valence-electron chi connectivity index (χ4n) is 2.39. The van der Waals surface area contributed by atoms with Gasteiger partial charge in [-0.1, -0.05) is 6.92 Å². The van der Waals surface area contributed by atoms with Gasteiger partial charge in [-0.05, 0) is 43.5 Å². The molecule has 15 heavy (non-hydrogen) atoms. The van der Waals surface area contributed by atoms with Crippen LogP contribution in [-0.2, 0) is 0 Å². The monoisotopic (exact) mass is 200 g/mol. The van der Waals surface area contributed by atoms with Crippen molar-refractivity contribution >= 4 is 5.69 Å². The lowest BCUT2D eigenvalue weighted by molar-refractivity contribution is 0.625. The first-order chi connectivity index (χ1) is 7.20. The molecule has 0 saturated carbocycles. The van der Waals surface area contributed by atoms with Crippen LogP contribution < -0.4 is 4.90 Å². The van der Waals surface area contributed by atoms with Crippen LogP contribution in [0.3, 0.4) is 0 Å². The second-order valence-electron chi connectivity index (χ2n) is 4.50. The minimum Gasteiger partial charge on any atom is -0.369 e. The summed E-state index contributed by atoms with van der Waals surface area (Å²) < 4.78 is 0. The topological polar surface area (TPSA) is 27.0 Å². The summed E-state index contributed by atoms with van der Waals surface area (Å²) in [5.74, 6) is 0.774. The molecule has 2 rings (SSSR count). The normalized spacial score (nSPS) is 25.3. The molecular formula is C13H16N2. The SMILES string of the molecule is CC1CC(C)N(c2ccc(C#N)cc2)C1. The zero-order valence-electron chi connectivity index (χ0n) is 9.27. The van der Waals surface area contributed by atoms with Crippen LogP contribution in [0.2, 0.25) is 0 Å². The van der Waals surface area contributed by atoms with Gasteiger partial charge in [0.1, 0.15) is 0 Å². The van der Waals surface area contributed by atoms with E-state index in [0.717, 1.165) is 18.0 Å². The van der Waals surface area contributed by atoms with Gasteiger partial charge in [0.2, 0.25) is 0 Å². The highest BCUT2D eigenvalue weighted by Gasteiger charge is 2.25. The summed E-state index contributed by atoms with van der Waals surface area (Å²) in [7, 11) is 0. The quantitative estimate of drug-likeness (QED) is 0.697. The summed E-state index contributed by atoms with van der Waals surface area (Å²) in [6, 6.07) is 10.6. The van der Waals surface area contributed by atoms with Crippen LogP contribution in [0, 0.1) is 17.2 Å². The molecule has 0 bridgehead atoms. The molecule has 1 aliphatic rings. The van der Waals surface area contributed by atoms with Crippen LogP contribution in [0.1, 0.15) is 25.8 Å². The minimum absolute atomic E-state index is 0.618. The number of hydrogen-bond donors (Lipinski definition) is 0. The van der Waals surface area contributed by atoms with Crippen molar-refractivity contribution in [2.24, 2.45) is 5.92 Å². The first-order valence-corrected chi connectivity index (χ1v) is 5.47. The largest absolute Gasteiger partial charge is 0.369 e. The number of hydrogen-bond acceptors (Lipinski definition) is 2. The Labute approximate surface area is 91.1 Å². The van der Waals surface area contributed by atoms with Gasteiger partial charge in [-0.25, -0.2) is 0 Å². The van der Waals surface area contributed by atoms with Crippen LogP contribution in [0.5, 0.6) is 0 Å². The molecule has 0 radical (unpaired) electrons. The van der Waals surface area contributed by atoms with Crippen LogP contribution in [0.15, 0.2) is 24.3 Å². The number of anilines is 1. The van der Waals surface area contributed by atoms with Crippen LogP contribution >= 0.6 is 0 Å². The molecule has 2 atom stereocenters. The third-order valence-electron chi connectivity index (χ3n) is 3.11. The Kier molecular flexibility index (Phi) is 2.64. The number of benzene rings is 1. The Balaban J connectivity index is 2.20. The van der Waals surface area contributed by atoms with E-state index in [1.807, 2.05) is 24.3 Å². The Morgan fingerprint density at radius 2 is 1.93 bits per heavy atom. The molecule has 1 saturated heterocycles. The molecule has 0 spiro atoms. The van der Waals surface area contributed by atoms with Gasteiger partial charge in [0.25, 0.3) is 0 Å². The van der Waals surface area contributed by atoms with Crippen molar-refractivity contribution in [1.82, 2.24) is 0 Å². The van der Waals surface area contributed by atoms with Gasteiger partial charge in [0, 0.05) is 18.3 Å². The highest BCUT2D eigenvalue weighted by molar-refractivity contribution is 5.51. The van der Waals surface area contributed by atoms with Crippen molar-refractivity contribution < 1.29 is 0 Å². The number of rotatable bonds is 1. The first kappa shape index (κ1) is 10.0. The molecule has 1 aliphatic heterocycles. The van der Waals surface area contributed by atoms with Crippen molar-refractivity contribution in [2.75, 3.05) is 11.4 Å². The lowest BCUT2D eigenvalue weighted by Crippen LogP contribution is -2.26. The molecule has 0 N–H and O–H groups in total. The van der Waals surface area contributed by atoms with Crippen molar-refractivity contribution in [3.63, 3.8) is 0 Å². The van der Waals surface area contributed by atoms with E-state index in [1.54, 1.807) is 0 Å². The molecule has 0 aromatic heterocycles. The van der Waals surface area contributed by atoms with E-state index in [1.165, 1.54) is 12.1 Å². The van der Waals surface area contributed by atoms with Crippen molar-refractivity contribution in [2.45, 2.75) is 26.3 Å². The first-order valence-electron chi connectivity index (χ1n) is 5.47. The standard InChI is InChI=1S/C13H16N2/c1-10-7-11(2)15(9-10)13-5-3-12(8-14)4-6-13/h3-6,10-11H,7,9H2,1-2H3. The second kappa shape index (κ2) is 3.94. The molecule has 2 unspecified atom stereocenters. The van der Waals surface area contributed by atoms with E-state index in [9.17, 15) is 0 Å². The molecule has 0 amide bonds. The third kappa shape index (κ3) is 1.97. The molecular weight excluding hydrogens is 184 g/mol. The maximum Gasteiger partial charge on any atom is 0.0991 e. The van der Waals surface area contributed by atoms with E-state index in [2.05, 4.69) is 24.8 Å². The van der Waals surface area contributed by atoms with Gasteiger partial charge in [-0.15, -0.1) is 0 Å². The summed E-state index contributed by atoms with van der Waals surface area (Å²) in [4.78, 5) is 2.42. The Hall–Kier alpha value is -1.49. The van der Waals surface area contributed by atoms with Crippen LogP contribution in [0.4, 0.5) is 5.69 Å². The zero-order chi connectivity index (χ0) is 10.8. The lowest BCUT2D eigenvalue weighted by atomic mass is 10.1. The zero-order valence-corrected chi connectivity index (χ0v) is 9.27. The minimum atomic E-state index is 0.618. The van der Waals surface area contributed by atoms with Gasteiger partial charge in [-0.2, -0.15) is 5.26 Å². The molecule has 78 valence electrons. The summed E-state index contributed by atoms with van der Waals surface area (Å²) in [5.41, 5.74) is 1.98. The highest BCUT2D eigenvalue weighted by Crippen LogP contribution is 2.28. The number of nitriles is 1. The predicted molar refractivity (Wildman–Crippen MR) is 61.7 cm³/mol. The fourth-order valence-corrected chi connectivity index (χ4v) is 2.39. The van der Waals surface area contributed by atoms with E-state index < -0.39 is 0 Å². The highest BCUT2D eigenvalue weighted by atomic mass is 15.2. The van der Waals surface area contributed by atoms with E-state index in [4.69, 9.17) is 5.26 Å². The van der Waals surface area contributed by atoms with E-state index >= 15 is 0 Å². The molecule has 0 aliphatic carbocycles. The molecule has 1 aromatic carbocycles. The predicted octanol–water partition coefficient (Wildman–Crippen LogP) is 2.79. The van der Waals surface area contributed by atoms with Crippen LogP contribution in [-0.4, -0.2) is 12.6 Å². The van der Waals surface area contributed by atoms with E-state index in [-0.39, 0.29) is 0 Å². The van der Waals surface area contributed by atoms with Crippen molar-refractivity contribution in [3.05, 3.63) is 29.8 Å². The van der Waals surface area contributed by atoms with Gasteiger partial charge < -0.3 is 4.90 Å². The van der Waals surface area contributed by atoms with Crippen molar-refractivity contribution in [3.8, 4) is 6.07 Å². The summed E-state index contributed by atoms with van der Waals surface area (Å²) >= 11 is 0. The Morgan fingerprint density at radius 1 is 1.27 bits per heavy atom. The maximum absolute atomic E-state index is 8.72. The van der Waals surface area contributed by atoms with Gasteiger partial charge in [-0.3, -0.25) is 0 Å². The Bertz CT molecular complexity index is 375. The third-order valence-corrected chi connectivity index (χ3v) is 3.11. The maximum atomic E-state index is 8.72. The average Bonchev–Trinajstić information content (AvgIpc) is 2.58. The summed E-state index contributed by atoms with van der Waals surface area (Å²) in [5, 5.41) is 8.72. The molecule has 2 heteroatoms. The smallest absolute Gasteiger partial charge is 0.0991 e. The Morgan fingerprint density at radius 3 is 2.40 bits per heavy atom. The van der Waals surface area contributed by atoms with Gasteiger partial charge >= 0.3 is 0 Å². The molecule has 1 fully saturated rings. The van der Waals surface area contributed by atoms with Crippen molar-refractivity contribution in [1.29, 1.82) is 5.26 Å². The molecule has 1 heterocycles. The summed E-state index contributed by atoms with van der Waals surface area (Å²) in [6.07, 6.45) is 1.26. The second-order valence-corrected chi connectivity index (χ2v) is 4.50. The number of nitrogens with zero attached hydrogens (tertiary/aromatic N) is 2. The average molecular weight is 200 g/mol. The molecule has 1 aromatic rings. The van der Waals surface area contributed by atoms with Gasteiger partial charge in [0.05, 0.1) is 11.6 Å². The van der Waals surface area contributed by atoms with E-state index in [0.29, 0.717) is 6.04 Å². The molecule has 2 nitrogen and oxygen atoms in total. The van der Waals surface area contributed by atoms with Crippen LogP contribution in [0.25, 0.3) is 0 Å².